The molecule has 4 unspecified atom stereocenters. The molecular formula is C12H28NO4+. The summed E-state index contributed by atoms with van der Waals surface area (Å²) in [6, 6.07) is 0. The minimum Gasteiger partial charge on any atom is -0.388 e. The molecule has 0 aliphatic heterocycles. The monoisotopic (exact) mass is 250 g/mol. The van der Waals surface area contributed by atoms with Gasteiger partial charge in [0, 0.05) is 0 Å². The first-order valence-corrected chi connectivity index (χ1v) is 6.24. The molecule has 0 aliphatic rings. The summed E-state index contributed by atoms with van der Waals surface area (Å²) in [5.74, 6) is 0. The molecule has 0 aromatic carbocycles. The van der Waals surface area contributed by atoms with Crippen molar-refractivity contribution in [3.63, 3.8) is 0 Å². The Bertz CT molecular complexity index is 159. The van der Waals surface area contributed by atoms with E-state index < -0.39 is 24.4 Å². The van der Waals surface area contributed by atoms with Gasteiger partial charge < -0.3 is 24.9 Å². The molecule has 0 amide bonds. The Hall–Kier alpha value is -0.200. The molecule has 5 nitrogen and oxygen atoms in total. The summed E-state index contributed by atoms with van der Waals surface area (Å²) >= 11 is 0. The van der Waals surface area contributed by atoms with Gasteiger partial charge in [0.05, 0.1) is 0 Å². The highest BCUT2D eigenvalue weighted by Crippen LogP contribution is 2.14. The Kier molecular flexibility index (Phi) is 7.20. The number of hydrogen-bond acceptors (Lipinski definition) is 4. The van der Waals surface area contributed by atoms with Gasteiger partial charge in [-0.15, -0.1) is 0 Å². The Morgan fingerprint density at radius 3 is 0.882 bits per heavy atom. The van der Waals surface area contributed by atoms with E-state index in [0.717, 1.165) is 0 Å². The van der Waals surface area contributed by atoms with Crippen molar-refractivity contribution in [2.75, 3.05) is 26.2 Å². The maximum Gasteiger partial charge on any atom is 0.105 e. The molecule has 0 bridgehead atoms. The number of aliphatic hydroxyl groups is 4. The molecule has 0 aliphatic carbocycles. The summed E-state index contributed by atoms with van der Waals surface area (Å²) in [7, 11) is 0. The van der Waals surface area contributed by atoms with Gasteiger partial charge in [0.15, 0.2) is 0 Å². The van der Waals surface area contributed by atoms with Gasteiger partial charge >= 0.3 is 0 Å². The third-order valence-corrected chi connectivity index (χ3v) is 2.61. The first kappa shape index (κ1) is 16.8. The predicted molar refractivity (Wildman–Crippen MR) is 66.5 cm³/mol. The van der Waals surface area contributed by atoms with E-state index in [1.54, 1.807) is 27.7 Å². The molecular weight excluding hydrogens is 222 g/mol. The van der Waals surface area contributed by atoms with Crippen LogP contribution >= 0.6 is 0 Å². The maximum atomic E-state index is 9.57. The fourth-order valence-corrected chi connectivity index (χ4v) is 2.69. The van der Waals surface area contributed by atoms with E-state index >= 15 is 0 Å². The van der Waals surface area contributed by atoms with E-state index in [4.69, 9.17) is 0 Å². The van der Waals surface area contributed by atoms with E-state index in [0.29, 0.717) is 30.7 Å². The van der Waals surface area contributed by atoms with Crippen molar-refractivity contribution in [1.29, 1.82) is 0 Å². The van der Waals surface area contributed by atoms with E-state index in [9.17, 15) is 20.4 Å². The summed E-state index contributed by atoms with van der Waals surface area (Å²) in [6.07, 6.45) is -2.14. The lowest BCUT2D eigenvalue weighted by Crippen LogP contribution is -2.60. The zero-order chi connectivity index (χ0) is 13.6. The third-order valence-electron chi connectivity index (χ3n) is 2.61. The number of nitrogens with zero attached hydrogens (tertiary/aromatic N) is 1. The smallest absolute Gasteiger partial charge is 0.105 e. The molecule has 0 heterocycles. The highest BCUT2D eigenvalue weighted by Gasteiger charge is 2.33. The van der Waals surface area contributed by atoms with Gasteiger partial charge in [-0.25, -0.2) is 0 Å². The van der Waals surface area contributed by atoms with Crippen LogP contribution in [0.1, 0.15) is 27.7 Å². The van der Waals surface area contributed by atoms with Gasteiger partial charge in [0.1, 0.15) is 50.6 Å². The molecule has 0 saturated heterocycles. The van der Waals surface area contributed by atoms with Gasteiger partial charge in [-0.3, -0.25) is 0 Å². The summed E-state index contributed by atoms with van der Waals surface area (Å²) in [4.78, 5) is 0. The van der Waals surface area contributed by atoms with Crippen LogP contribution in [0.2, 0.25) is 0 Å². The molecule has 4 atom stereocenters. The summed E-state index contributed by atoms with van der Waals surface area (Å²) in [6.45, 7) is 8.39. The van der Waals surface area contributed by atoms with Crippen LogP contribution in [0.5, 0.6) is 0 Å². The second kappa shape index (κ2) is 7.28. The van der Waals surface area contributed by atoms with Gasteiger partial charge in [0.2, 0.25) is 0 Å². The van der Waals surface area contributed by atoms with Crippen LogP contribution in [0.4, 0.5) is 0 Å². The lowest BCUT2D eigenvalue weighted by atomic mass is 10.1. The van der Waals surface area contributed by atoms with Crippen LogP contribution in [-0.2, 0) is 0 Å². The quantitative estimate of drug-likeness (QED) is 0.431. The Morgan fingerprint density at radius 2 is 0.765 bits per heavy atom. The van der Waals surface area contributed by atoms with E-state index in [1.807, 2.05) is 0 Å². The number of hydrogen-bond donors (Lipinski definition) is 4. The van der Waals surface area contributed by atoms with Crippen molar-refractivity contribution in [1.82, 2.24) is 0 Å². The van der Waals surface area contributed by atoms with Crippen LogP contribution in [0.25, 0.3) is 0 Å². The van der Waals surface area contributed by atoms with Crippen molar-refractivity contribution in [2.45, 2.75) is 52.1 Å². The third kappa shape index (κ3) is 7.68. The highest BCUT2D eigenvalue weighted by molar-refractivity contribution is 4.59. The molecule has 0 rings (SSSR count). The van der Waals surface area contributed by atoms with Crippen LogP contribution in [-0.4, -0.2) is 75.5 Å². The molecule has 0 fully saturated rings. The largest absolute Gasteiger partial charge is 0.388 e. The molecule has 0 radical (unpaired) electrons. The number of quaternary nitrogens is 1. The first-order chi connectivity index (χ1) is 7.67. The van der Waals surface area contributed by atoms with Crippen molar-refractivity contribution in [2.24, 2.45) is 0 Å². The lowest BCUT2D eigenvalue weighted by Gasteiger charge is -2.42. The average Bonchev–Trinajstić information content (AvgIpc) is 1.95. The molecule has 0 spiro atoms. The maximum absolute atomic E-state index is 9.57. The Labute approximate surface area is 104 Å². The fraction of sp³-hybridized carbons (Fsp3) is 1.00. The molecule has 5 heteroatoms. The van der Waals surface area contributed by atoms with Crippen molar-refractivity contribution >= 4 is 0 Å². The topological polar surface area (TPSA) is 80.9 Å². The second-order valence-corrected chi connectivity index (χ2v) is 5.47. The van der Waals surface area contributed by atoms with Gasteiger partial charge in [-0.2, -0.15) is 0 Å². The summed E-state index contributed by atoms with van der Waals surface area (Å²) in [5, 5.41) is 38.3. The van der Waals surface area contributed by atoms with Crippen LogP contribution < -0.4 is 0 Å². The number of rotatable bonds is 8. The molecule has 0 aromatic rings. The van der Waals surface area contributed by atoms with E-state index in [1.165, 1.54) is 0 Å². The van der Waals surface area contributed by atoms with E-state index in [2.05, 4.69) is 0 Å². The molecule has 0 saturated carbocycles. The zero-order valence-electron chi connectivity index (χ0n) is 11.4. The predicted octanol–water partition coefficient (Wildman–Crippen LogP) is -0.674. The second-order valence-electron chi connectivity index (χ2n) is 5.47. The number of aliphatic hydroxyl groups excluding tert-OH is 4. The molecule has 4 N–H and O–H groups in total. The summed E-state index contributed by atoms with van der Waals surface area (Å²) < 4.78 is 0.324. The molecule has 17 heavy (non-hydrogen) atoms. The Morgan fingerprint density at radius 1 is 0.588 bits per heavy atom. The van der Waals surface area contributed by atoms with Crippen LogP contribution in [0.15, 0.2) is 0 Å². The van der Waals surface area contributed by atoms with Gasteiger partial charge in [0.25, 0.3) is 0 Å². The summed E-state index contributed by atoms with van der Waals surface area (Å²) in [5.41, 5.74) is 0. The van der Waals surface area contributed by atoms with Crippen LogP contribution in [0, 0.1) is 0 Å². The lowest BCUT2D eigenvalue weighted by molar-refractivity contribution is -0.938. The normalized spacial score (nSPS) is 22.6. The van der Waals surface area contributed by atoms with Gasteiger partial charge in [-0.05, 0) is 27.7 Å². The van der Waals surface area contributed by atoms with Crippen molar-refractivity contribution < 1.29 is 24.9 Å². The SMILES string of the molecule is CC(O)C[N+](CC(C)O)(CC(C)O)CC(C)O. The highest BCUT2D eigenvalue weighted by atomic mass is 16.3. The zero-order valence-corrected chi connectivity index (χ0v) is 11.4. The molecule has 104 valence electrons. The fourth-order valence-electron chi connectivity index (χ4n) is 2.69. The minimum atomic E-state index is -0.536. The first-order valence-electron chi connectivity index (χ1n) is 6.24. The van der Waals surface area contributed by atoms with E-state index in [-0.39, 0.29) is 0 Å². The van der Waals surface area contributed by atoms with Crippen molar-refractivity contribution in [3.05, 3.63) is 0 Å². The standard InChI is InChI=1S/C12H28NO4/c1-9(14)5-13(6-10(2)15,7-11(3)16)8-12(4)17/h9-12,14-17H,5-8H2,1-4H3/q+1. The minimum absolute atomic E-state index is 0.324. The molecule has 0 aromatic heterocycles. The Balaban J connectivity index is 4.89. The van der Waals surface area contributed by atoms with Gasteiger partial charge in [-0.1, -0.05) is 0 Å². The van der Waals surface area contributed by atoms with Crippen LogP contribution in [0.3, 0.4) is 0 Å². The van der Waals surface area contributed by atoms with Crippen molar-refractivity contribution in [3.8, 4) is 0 Å². The average molecular weight is 250 g/mol.